The molecule has 1 saturated heterocycles. The zero-order valence-electron chi connectivity index (χ0n) is 22.1. The molecule has 0 unspecified atom stereocenters. The molecule has 11 nitrogen and oxygen atoms in total. The number of aliphatic hydroxyl groups excluding tert-OH is 1. The first-order valence-corrected chi connectivity index (χ1v) is 13.0. The summed E-state index contributed by atoms with van der Waals surface area (Å²) < 4.78 is 49.2. The molecule has 0 radical (unpaired) electrons. The first-order valence-electron chi connectivity index (χ1n) is 13.0. The Morgan fingerprint density at radius 3 is 2.58 bits per heavy atom. The van der Waals surface area contributed by atoms with E-state index in [-0.39, 0.29) is 37.0 Å². The topological polar surface area (TPSA) is 129 Å². The number of carbonyl (C=O) groups is 1. The van der Waals surface area contributed by atoms with Gasteiger partial charge in [0, 0.05) is 56.0 Å². The summed E-state index contributed by atoms with van der Waals surface area (Å²) in [5.74, 6) is -0.948. The number of nitrogens with one attached hydrogen (secondary N) is 2. The molecule has 2 aliphatic rings. The lowest BCUT2D eigenvalue weighted by Crippen LogP contribution is -2.44. The van der Waals surface area contributed by atoms with E-state index in [0.29, 0.717) is 35.5 Å². The molecule has 2 aromatic heterocycles. The molecule has 0 spiro atoms. The second-order valence-corrected chi connectivity index (χ2v) is 9.58. The van der Waals surface area contributed by atoms with Crippen molar-refractivity contribution in [2.24, 2.45) is 0 Å². The van der Waals surface area contributed by atoms with Gasteiger partial charge in [-0.1, -0.05) is 0 Å². The number of aliphatic hydroxyl groups is 1. The molecule has 3 aromatic rings. The maximum atomic E-state index is 13.3. The normalized spacial score (nSPS) is 15.4. The van der Waals surface area contributed by atoms with Crippen LogP contribution in [-0.4, -0.2) is 88.9 Å². The van der Waals surface area contributed by atoms with Gasteiger partial charge in [0.05, 0.1) is 23.7 Å². The number of aromatic amines is 1. The lowest BCUT2D eigenvalue weighted by molar-refractivity contribution is -0.274. The third-order valence-corrected chi connectivity index (χ3v) is 6.94. The molecule has 3 heterocycles. The number of alkyl halides is 3. The fraction of sp³-hybridized carbons (Fsp3) is 0.462. The van der Waals surface area contributed by atoms with Gasteiger partial charge in [0.1, 0.15) is 11.4 Å². The van der Waals surface area contributed by atoms with Crippen LogP contribution in [0, 0.1) is 0 Å². The van der Waals surface area contributed by atoms with Crippen molar-refractivity contribution in [3.8, 4) is 17.1 Å². The van der Waals surface area contributed by atoms with Crippen LogP contribution in [0.5, 0.6) is 5.75 Å². The summed E-state index contributed by atoms with van der Waals surface area (Å²) in [6, 6.07) is 4.45. The molecule has 1 aromatic carbocycles. The number of aromatic nitrogens is 4. The van der Waals surface area contributed by atoms with E-state index >= 15 is 0 Å². The number of nitrogens with zero attached hydrogens (tertiary/aromatic N) is 5. The molecule has 1 aliphatic carbocycles. The number of halogens is 3. The Morgan fingerprint density at radius 1 is 1.12 bits per heavy atom. The largest absolute Gasteiger partial charge is 0.573 e. The number of ether oxygens (including phenoxy) is 2. The number of carbonyl (C=O) groups excluding carboxylic acids is 1. The maximum absolute atomic E-state index is 13.3. The van der Waals surface area contributed by atoms with Gasteiger partial charge in [0.25, 0.3) is 0 Å². The van der Waals surface area contributed by atoms with E-state index in [1.807, 2.05) is 7.05 Å². The van der Waals surface area contributed by atoms with Crippen molar-refractivity contribution in [1.29, 1.82) is 0 Å². The van der Waals surface area contributed by atoms with Crippen molar-refractivity contribution in [3.63, 3.8) is 0 Å². The number of piperazine rings is 1. The first-order chi connectivity index (χ1) is 19.2. The lowest BCUT2D eigenvalue weighted by Gasteiger charge is -2.34. The summed E-state index contributed by atoms with van der Waals surface area (Å²) in [6.07, 6.45) is -3.72. The summed E-state index contributed by atoms with van der Waals surface area (Å²) in [7, 11) is 2.02. The lowest BCUT2D eigenvalue weighted by atomic mass is 9.90. The predicted octanol–water partition coefficient (Wildman–Crippen LogP) is 3.07. The van der Waals surface area contributed by atoms with E-state index in [9.17, 15) is 23.1 Å². The highest BCUT2D eigenvalue weighted by molar-refractivity contribution is 5.91. The molecule has 5 rings (SSSR count). The average Bonchev–Trinajstić information content (AvgIpc) is 3.35. The molecule has 0 bridgehead atoms. The Labute approximate surface area is 228 Å². The molecular weight excluding hydrogens is 531 g/mol. The molecule has 14 heteroatoms. The highest BCUT2D eigenvalue weighted by atomic mass is 19.4. The number of rotatable bonds is 8. The van der Waals surface area contributed by atoms with Crippen LogP contribution in [0.2, 0.25) is 0 Å². The number of H-pyrrole nitrogens is 1. The van der Waals surface area contributed by atoms with Crippen LogP contribution in [-0.2, 0) is 24.0 Å². The summed E-state index contributed by atoms with van der Waals surface area (Å²) in [5.41, 5.74) is 3.81. The molecule has 214 valence electrons. The van der Waals surface area contributed by atoms with Gasteiger partial charge in [-0.3, -0.25) is 5.10 Å². The van der Waals surface area contributed by atoms with E-state index in [4.69, 9.17) is 4.74 Å². The summed E-state index contributed by atoms with van der Waals surface area (Å²) in [5, 5.41) is 19.6. The van der Waals surface area contributed by atoms with Gasteiger partial charge in [-0.05, 0) is 45.0 Å². The van der Waals surface area contributed by atoms with Gasteiger partial charge in [0.15, 0.2) is 5.75 Å². The average molecular weight is 562 g/mol. The second kappa shape index (κ2) is 11.3. The molecular formula is C26H30F3N7O4. The Balaban J connectivity index is 1.54. The Morgan fingerprint density at radius 2 is 1.88 bits per heavy atom. The fourth-order valence-electron chi connectivity index (χ4n) is 5.00. The summed E-state index contributed by atoms with van der Waals surface area (Å²) in [4.78, 5) is 25.8. The van der Waals surface area contributed by atoms with E-state index in [0.717, 1.165) is 37.4 Å². The van der Waals surface area contributed by atoms with Crippen molar-refractivity contribution >= 4 is 23.3 Å². The third-order valence-electron chi connectivity index (χ3n) is 6.94. The first kappa shape index (κ1) is 27.6. The highest BCUT2D eigenvalue weighted by Gasteiger charge is 2.33. The molecule has 1 fully saturated rings. The smallest absolute Gasteiger partial charge is 0.461 e. The highest BCUT2D eigenvalue weighted by Crippen LogP contribution is 2.38. The number of anilines is 3. The number of hydrogen-bond acceptors (Lipinski definition) is 10. The van der Waals surface area contributed by atoms with Gasteiger partial charge >= 0.3 is 12.3 Å². The van der Waals surface area contributed by atoms with E-state index < -0.39 is 18.1 Å². The third kappa shape index (κ3) is 5.82. The number of fused-ring (bicyclic) bond motifs is 3. The van der Waals surface area contributed by atoms with Crippen molar-refractivity contribution in [1.82, 2.24) is 25.1 Å². The minimum atomic E-state index is -4.90. The molecule has 0 atom stereocenters. The fourth-order valence-corrected chi connectivity index (χ4v) is 5.00. The molecule has 3 N–H and O–H groups in total. The van der Waals surface area contributed by atoms with Crippen molar-refractivity contribution < 1.29 is 32.5 Å². The van der Waals surface area contributed by atoms with E-state index in [1.54, 1.807) is 19.1 Å². The van der Waals surface area contributed by atoms with Gasteiger partial charge in [-0.2, -0.15) is 5.10 Å². The predicted molar refractivity (Wildman–Crippen MR) is 140 cm³/mol. The van der Waals surface area contributed by atoms with Gasteiger partial charge in [-0.25, -0.2) is 14.8 Å². The molecule has 0 saturated carbocycles. The monoisotopic (exact) mass is 561 g/mol. The molecule has 40 heavy (non-hydrogen) atoms. The van der Waals surface area contributed by atoms with Crippen molar-refractivity contribution in [2.45, 2.75) is 32.5 Å². The second-order valence-electron chi connectivity index (χ2n) is 9.58. The SMILES string of the molecule is CCOC(=O)c1[nH]nc2c1CCc1c(CCO)nc(Nc3cc(N4CCN(C)CC4)ccc3OC(F)(F)F)nc1-2. The quantitative estimate of drug-likeness (QED) is 0.353. The maximum Gasteiger partial charge on any atom is 0.573 e. The number of likely N-dealkylation sites (N-methyl/N-ethyl adjacent to an activating group) is 1. The minimum absolute atomic E-state index is 0.0123. The summed E-state index contributed by atoms with van der Waals surface area (Å²) >= 11 is 0. The minimum Gasteiger partial charge on any atom is -0.461 e. The molecule has 0 amide bonds. The van der Waals surface area contributed by atoms with Gasteiger partial charge in [-0.15, -0.1) is 13.2 Å². The van der Waals surface area contributed by atoms with Crippen molar-refractivity contribution in [3.05, 3.63) is 40.7 Å². The Hall–Kier alpha value is -3.91. The zero-order valence-corrected chi connectivity index (χ0v) is 22.1. The van der Waals surface area contributed by atoms with Crippen LogP contribution in [0.25, 0.3) is 11.4 Å². The zero-order chi connectivity index (χ0) is 28.4. The molecule has 1 aliphatic heterocycles. The van der Waals surface area contributed by atoms with Crippen molar-refractivity contribution in [2.75, 3.05) is 56.7 Å². The number of benzene rings is 1. The van der Waals surface area contributed by atoms with Gasteiger partial charge < -0.3 is 29.7 Å². The standard InChI is InChI=1S/C26H30F3N7O4/c1-3-39-24(38)23-17-6-5-16-18(8-13-37)30-25(32-21(16)22(17)33-34-23)31-19-14-15(36-11-9-35(2)10-12-36)4-7-20(19)40-26(27,28)29/h4,7,14,37H,3,5-6,8-13H2,1-2H3,(H,33,34)(H,30,31,32). The van der Waals surface area contributed by atoms with Crippen LogP contribution in [0.1, 0.15) is 34.2 Å². The van der Waals surface area contributed by atoms with Gasteiger partial charge in [0.2, 0.25) is 5.95 Å². The number of hydrogen-bond donors (Lipinski definition) is 3. The Kier molecular flexibility index (Phi) is 7.81. The van der Waals surface area contributed by atoms with Crippen LogP contribution in [0.3, 0.4) is 0 Å². The Bertz CT molecular complexity index is 1390. The van der Waals surface area contributed by atoms with Crippen LogP contribution in [0.15, 0.2) is 18.2 Å². The van der Waals surface area contributed by atoms with Crippen LogP contribution in [0.4, 0.5) is 30.5 Å². The van der Waals surface area contributed by atoms with Crippen LogP contribution < -0.4 is 15.0 Å². The van der Waals surface area contributed by atoms with Crippen LogP contribution >= 0.6 is 0 Å². The van der Waals surface area contributed by atoms with E-state index in [2.05, 4.69) is 40.0 Å². The number of esters is 1. The summed E-state index contributed by atoms with van der Waals surface area (Å²) in [6.45, 7) is 4.80. The van der Waals surface area contributed by atoms with E-state index in [1.165, 1.54) is 6.07 Å².